The van der Waals surface area contributed by atoms with Crippen LogP contribution in [0.25, 0.3) is 10.4 Å². The zero-order valence-electron chi connectivity index (χ0n) is 10.3. The zero-order chi connectivity index (χ0) is 14.0. The Labute approximate surface area is 113 Å². The zero-order valence-corrected chi connectivity index (χ0v) is 11.2. The van der Waals surface area contributed by atoms with Gasteiger partial charge in [-0.3, -0.25) is 0 Å². The Hall–Kier alpha value is -2.21. The van der Waals surface area contributed by atoms with Gasteiger partial charge in [-0.25, -0.2) is 14.6 Å². The van der Waals surface area contributed by atoms with Crippen LogP contribution in [0.2, 0.25) is 0 Å². The highest BCUT2D eigenvalue weighted by Crippen LogP contribution is 2.32. The fraction of sp³-hybridized carbons (Fsp3) is 0.154. The largest absolute Gasteiger partial charge is 0.476 e. The monoisotopic (exact) mass is 277 g/mol. The third-order valence-corrected chi connectivity index (χ3v) is 3.68. The van der Waals surface area contributed by atoms with Crippen LogP contribution in [0.3, 0.4) is 0 Å². The van der Waals surface area contributed by atoms with E-state index in [2.05, 4.69) is 9.72 Å². The van der Waals surface area contributed by atoms with Crippen LogP contribution in [0.5, 0.6) is 0 Å². The number of carbonyl (C=O) groups excluding carboxylic acids is 1. The number of nitrogens with zero attached hydrogens (tertiary/aromatic N) is 1. The fourth-order valence-electron chi connectivity index (χ4n) is 1.70. The van der Waals surface area contributed by atoms with Crippen molar-refractivity contribution < 1.29 is 19.4 Å². The lowest BCUT2D eigenvalue weighted by atomic mass is 10.1. The second-order valence-electron chi connectivity index (χ2n) is 3.78. The molecule has 0 aliphatic rings. The number of carboxylic acids is 1. The van der Waals surface area contributed by atoms with E-state index < -0.39 is 11.9 Å². The number of rotatable bonds is 3. The first kappa shape index (κ1) is 13.2. The molecule has 6 heteroatoms. The summed E-state index contributed by atoms with van der Waals surface area (Å²) in [6.07, 6.45) is 1.43. The number of thiophene rings is 1. The molecule has 2 heterocycles. The van der Waals surface area contributed by atoms with Crippen LogP contribution in [0, 0.1) is 6.92 Å². The Balaban J connectivity index is 2.55. The molecule has 0 fully saturated rings. The minimum Gasteiger partial charge on any atom is -0.476 e. The van der Waals surface area contributed by atoms with E-state index in [0.29, 0.717) is 16.0 Å². The van der Waals surface area contributed by atoms with Gasteiger partial charge >= 0.3 is 11.9 Å². The molecule has 2 aromatic rings. The SMILES string of the molecule is COC(=O)c1cc(-c2cccnc2C(=O)O)sc1C. The maximum atomic E-state index is 11.6. The van der Waals surface area contributed by atoms with Gasteiger partial charge in [-0.05, 0) is 25.1 Å². The molecule has 0 aliphatic heterocycles. The van der Waals surface area contributed by atoms with Gasteiger partial charge in [-0.15, -0.1) is 11.3 Å². The van der Waals surface area contributed by atoms with Crippen molar-refractivity contribution in [2.75, 3.05) is 7.11 Å². The average Bonchev–Trinajstić information content (AvgIpc) is 2.79. The Morgan fingerprint density at radius 3 is 2.79 bits per heavy atom. The molecular formula is C13H11NO4S. The summed E-state index contributed by atoms with van der Waals surface area (Å²) in [6.45, 7) is 1.79. The lowest BCUT2D eigenvalue weighted by Gasteiger charge is -2.01. The number of pyridine rings is 1. The van der Waals surface area contributed by atoms with E-state index >= 15 is 0 Å². The molecule has 19 heavy (non-hydrogen) atoms. The summed E-state index contributed by atoms with van der Waals surface area (Å²) >= 11 is 1.34. The van der Waals surface area contributed by atoms with Crippen LogP contribution in [-0.2, 0) is 4.74 Å². The van der Waals surface area contributed by atoms with E-state index in [1.54, 1.807) is 25.1 Å². The number of hydrogen-bond donors (Lipinski definition) is 1. The second kappa shape index (κ2) is 5.19. The molecule has 0 bridgehead atoms. The number of ether oxygens (including phenoxy) is 1. The quantitative estimate of drug-likeness (QED) is 0.873. The third kappa shape index (κ3) is 2.48. The van der Waals surface area contributed by atoms with Gasteiger partial charge in [-0.2, -0.15) is 0 Å². The van der Waals surface area contributed by atoms with Crippen molar-refractivity contribution in [3.8, 4) is 10.4 Å². The normalized spacial score (nSPS) is 10.2. The van der Waals surface area contributed by atoms with Crippen molar-refractivity contribution in [2.45, 2.75) is 6.92 Å². The van der Waals surface area contributed by atoms with Gasteiger partial charge in [0.25, 0.3) is 0 Å². The van der Waals surface area contributed by atoms with Crippen molar-refractivity contribution in [2.24, 2.45) is 0 Å². The van der Waals surface area contributed by atoms with Gasteiger partial charge in [0.15, 0.2) is 5.69 Å². The summed E-state index contributed by atoms with van der Waals surface area (Å²) in [5.74, 6) is -1.53. The van der Waals surface area contributed by atoms with E-state index in [1.165, 1.54) is 24.6 Å². The number of hydrogen-bond acceptors (Lipinski definition) is 5. The molecule has 1 N–H and O–H groups in total. The number of esters is 1. The van der Waals surface area contributed by atoms with Crippen molar-refractivity contribution in [1.29, 1.82) is 0 Å². The summed E-state index contributed by atoms with van der Waals surface area (Å²) in [5.41, 5.74) is 0.918. The van der Waals surface area contributed by atoms with Crippen LogP contribution in [0.4, 0.5) is 0 Å². The third-order valence-electron chi connectivity index (χ3n) is 2.60. The van der Waals surface area contributed by atoms with Crippen LogP contribution < -0.4 is 0 Å². The van der Waals surface area contributed by atoms with E-state index in [4.69, 9.17) is 5.11 Å². The molecular weight excluding hydrogens is 266 g/mol. The van der Waals surface area contributed by atoms with Crippen molar-refractivity contribution in [3.63, 3.8) is 0 Å². The van der Waals surface area contributed by atoms with E-state index in [1.807, 2.05) is 0 Å². The maximum absolute atomic E-state index is 11.6. The van der Waals surface area contributed by atoms with Gasteiger partial charge in [0.2, 0.25) is 0 Å². The summed E-state index contributed by atoms with van der Waals surface area (Å²) in [7, 11) is 1.31. The molecule has 0 radical (unpaired) electrons. The number of carboxylic acid groups (broad SMARTS) is 1. The molecule has 0 atom stereocenters. The summed E-state index contributed by atoms with van der Waals surface area (Å²) in [4.78, 5) is 28.0. The van der Waals surface area contributed by atoms with E-state index in [-0.39, 0.29) is 5.69 Å². The predicted molar refractivity (Wildman–Crippen MR) is 70.6 cm³/mol. The lowest BCUT2D eigenvalue weighted by Crippen LogP contribution is -2.02. The fourth-order valence-corrected chi connectivity index (χ4v) is 2.74. The number of aromatic nitrogens is 1. The van der Waals surface area contributed by atoms with Crippen molar-refractivity contribution in [3.05, 3.63) is 40.5 Å². The molecule has 0 saturated heterocycles. The molecule has 2 aromatic heterocycles. The topological polar surface area (TPSA) is 76.5 Å². The predicted octanol–water partition coefficient (Wildman–Crippen LogP) is 2.60. The van der Waals surface area contributed by atoms with Gasteiger partial charge in [0.1, 0.15) is 0 Å². The first-order chi connectivity index (χ1) is 9.04. The molecule has 0 aliphatic carbocycles. The summed E-state index contributed by atoms with van der Waals surface area (Å²) in [6, 6.07) is 4.96. The lowest BCUT2D eigenvalue weighted by molar-refractivity contribution is 0.0599. The smallest absolute Gasteiger partial charge is 0.355 e. The van der Waals surface area contributed by atoms with Gasteiger partial charge in [-0.1, -0.05) is 0 Å². The first-order valence-electron chi connectivity index (χ1n) is 5.42. The van der Waals surface area contributed by atoms with Crippen LogP contribution >= 0.6 is 11.3 Å². The van der Waals surface area contributed by atoms with Gasteiger partial charge in [0.05, 0.1) is 12.7 Å². The molecule has 0 spiro atoms. The molecule has 0 amide bonds. The Bertz CT molecular complexity index is 648. The van der Waals surface area contributed by atoms with E-state index in [0.717, 1.165) is 4.88 Å². The number of methoxy groups -OCH3 is 1. The average molecular weight is 277 g/mol. The Kier molecular flexibility index (Phi) is 3.62. The molecule has 0 unspecified atom stereocenters. The van der Waals surface area contributed by atoms with Crippen LogP contribution in [0.1, 0.15) is 25.7 Å². The molecule has 0 aromatic carbocycles. The van der Waals surface area contributed by atoms with Crippen LogP contribution in [-0.4, -0.2) is 29.1 Å². The van der Waals surface area contributed by atoms with Crippen molar-refractivity contribution >= 4 is 23.3 Å². The minimum absolute atomic E-state index is 0.0276. The Morgan fingerprint density at radius 2 is 2.16 bits per heavy atom. The highest BCUT2D eigenvalue weighted by Gasteiger charge is 2.18. The second-order valence-corrected chi connectivity index (χ2v) is 5.03. The first-order valence-corrected chi connectivity index (χ1v) is 6.23. The number of aryl methyl sites for hydroxylation is 1. The summed E-state index contributed by atoms with van der Waals surface area (Å²) < 4.78 is 4.68. The highest BCUT2D eigenvalue weighted by atomic mass is 32.1. The minimum atomic E-state index is -1.10. The number of carbonyl (C=O) groups is 2. The molecule has 5 nitrogen and oxygen atoms in total. The van der Waals surface area contributed by atoms with Crippen molar-refractivity contribution in [1.82, 2.24) is 4.98 Å². The van der Waals surface area contributed by atoms with Crippen LogP contribution in [0.15, 0.2) is 24.4 Å². The standard InChI is InChI=1S/C13H11NO4S/c1-7-9(13(17)18-2)6-10(19-7)8-4-3-5-14-11(8)12(15)16/h3-6H,1-2H3,(H,15,16). The van der Waals surface area contributed by atoms with Gasteiger partial charge < -0.3 is 9.84 Å². The summed E-state index contributed by atoms with van der Waals surface area (Å²) in [5, 5.41) is 9.11. The Morgan fingerprint density at radius 1 is 1.42 bits per heavy atom. The molecule has 0 saturated carbocycles. The highest BCUT2D eigenvalue weighted by molar-refractivity contribution is 7.15. The van der Waals surface area contributed by atoms with Gasteiger partial charge in [0, 0.05) is 21.5 Å². The number of aromatic carboxylic acids is 1. The van der Waals surface area contributed by atoms with E-state index in [9.17, 15) is 9.59 Å². The molecule has 2 rings (SSSR count). The molecule has 98 valence electrons. The maximum Gasteiger partial charge on any atom is 0.355 e.